The third-order valence-corrected chi connectivity index (χ3v) is 3.12. The van der Waals surface area contributed by atoms with Crippen molar-refractivity contribution in [1.82, 2.24) is 0 Å². The number of hydrogen-bond donors (Lipinski definition) is 1. The van der Waals surface area contributed by atoms with Gasteiger partial charge in [-0.25, -0.2) is 0 Å². The van der Waals surface area contributed by atoms with Crippen molar-refractivity contribution >= 4 is 5.97 Å². The van der Waals surface area contributed by atoms with E-state index in [0.29, 0.717) is 12.8 Å². The van der Waals surface area contributed by atoms with E-state index in [-0.39, 0.29) is 6.42 Å². The average molecular weight is 302 g/mol. The van der Waals surface area contributed by atoms with Gasteiger partial charge in [-0.1, -0.05) is 19.1 Å². The van der Waals surface area contributed by atoms with E-state index in [2.05, 4.69) is 42.8 Å². The van der Waals surface area contributed by atoms with Crippen LogP contribution < -0.4 is 0 Å². The summed E-state index contributed by atoms with van der Waals surface area (Å²) in [4.78, 5) is 10.3. The van der Waals surface area contributed by atoms with Gasteiger partial charge >= 0.3 is 5.97 Å². The third-order valence-electron chi connectivity index (χ3n) is 3.12. The van der Waals surface area contributed by atoms with Crippen molar-refractivity contribution < 1.29 is 9.90 Å². The number of unbranched alkanes of at least 4 members (excludes halogenated alkanes) is 7. The summed E-state index contributed by atoms with van der Waals surface area (Å²) in [6.45, 7) is 2.16. The Kier molecular flexibility index (Phi) is 16.1. The lowest BCUT2D eigenvalue weighted by Gasteiger charge is -1.92. The Labute approximate surface area is 136 Å². The number of hydrogen-bond acceptors (Lipinski definition) is 1. The second-order valence-electron chi connectivity index (χ2n) is 5.29. The van der Waals surface area contributed by atoms with E-state index in [1.54, 1.807) is 0 Å². The van der Waals surface area contributed by atoms with E-state index in [4.69, 9.17) is 5.11 Å². The van der Waals surface area contributed by atoms with Gasteiger partial charge in [-0.15, -0.1) is 23.7 Å². The lowest BCUT2D eigenvalue weighted by molar-refractivity contribution is -0.137. The van der Waals surface area contributed by atoms with Gasteiger partial charge in [0.15, 0.2) is 0 Å². The van der Waals surface area contributed by atoms with Gasteiger partial charge in [-0.2, -0.15) is 0 Å². The number of aliphatic carboxylic acids is 1. The number of carboxylic acids is 1. The number of rotatable bonds is 11. The maximum atomic E-state index is 10.3. The van der Waals surface area contributed by atoms with Crippen LogP contribution in [0.2, 0.25) is 0 Å². The number of carbonyl (C=O) groups is 1. The van der Waals surface area contributed by atoms with Crippen molar-refractivity contribution in [3.63, 3.8) is 0 Å². The highest BCUT2D eigenvalue weighted by Crippen LogP contribution is 2.02. The molecule has 0 aromatic rings. The molecule has 22 heavy (non-hydrogen) atoms. The van der Waals surface area contributed by atoms with Crippen LogP contribution in [0.15, 0.2) is 12.2 Å². The first-order chi connectivity index (χ1) is 10.8. The molecule has 0 bridgehead atoms. The predicted octanol–water partition coefficient (Wildman–Crippen LogP) is 5.34. The van der Waals surface area contributed by atoms with Gasteiger partial charge in [0.1, 0.15) is 0 Å². The van der Waals surface area contributed by atoms with Crippen LogP contribution in [0.5, 0.6) is 0 Å². The third kappa shape index (κ3) is 18.3. The molecule has 0 amide bonds. The molecule has 0 saturated carbocycles. The Morgan fingerprint density at radius 2 is 1.32 bits per heavy atom. The maximum absolute atomic E-state index is 10.3. The summed E-state index contributed by atoms with van der Waals surface area (Å²) in [5, 5.41) is 8.48. The normalized spacial score (nSPS) is 9.86. The summed E-state index contributed by atoms with van der Waals surface area (Å²) in [5.74, 6) is 11.9. The summed E-state index contributed by atoms with van der Waals surface area (Å²) in [6.07, 6.45) is 15.9. The first-order valence-corrected chi connectivity index (χ1v) is 8.55. The molecule has 0 spiro atoms. The van der Waals surface area contributed by atoms with Crippen LogP contribution in [0.1, 0.15) is 84.0 Å². The second-order valence-corrected chi connectivity index (χ2v) is 5.29. The van der Waals surface area contributed by atoms with Gasteiger partial charge in [-0.3, -0.25) is 4.79 Å². The van der Waals surface area contributed by atoms with E-state index in [9.17, 15) is 4.79 Å². The molecule has 0 aliphatic rings. The zero-order chi connectivity index (χ0) is 16.3. The van der Waals surface area contributed by atoms with Crippen molar-refractivity contribution in [1.29, 1.82) is 0 Å². The van der Waals surface area contributed by atoms with Crippen molar-refractivity contribution in [3.8, 4) is 23.7 Å². The molecule has 0 unspecified atom stereocenters. The smallest absolute Gasteiger partial charge is 0.303 e. The monoisotopic (exact) mass is 302 g/mol. The molecule has 0 fully saturated rings. The minimum Gasteiger partial charge on any atom is -0.481 e. The van der Waals surface area contributed by atoms with Gasteiger partial charge in [0, 0.05) is 32.1 Å². The Morgan fingerprint density at radius 3 is 1.82 bits per heavy atom. The van der Waals surface area contributed by atoms with Crippen molar-refractivity contribution in [2.45, 2.75) is 84.0 Å². The maximum Gasteiger partial charge on any atom is 0.303 e. The lowest BCUT2D eigenvalue weighted by atomic mass is 10.1. The van der Waals surface area contributed by atoms with E-state index < -0.39 is 5.97 Å². The fraction of sp³-hybridized carbons (Fsp3) is 0.650. The minimum absolute atomic E-state index is 0.221. The van der Waals surface area contributed by atoms with E-state index in [1.807, 2.05) is 0 Å². The van der Waals surface area contributed by atoms with Crippen LogP contribution in [0, 0.1) is 23.7 Å². The molecule has 0 aromatic carbocycles. The molecule has 0 atom stereocenters. The van der Waals surface area contributed by atoms with Crippen LogP contribution >= 0.6 is 0 Å². The Morgan fingerprint density at radius 1 is 0.818 bits per heavy atom. The molecule has 0 rings (SSSR count). The molecule has 2 nitrogen and oxygen atoms in total. The molecule has 0 radical (unpaired) electrons. The van der Waals surface area contributed by atoms with Crippen LogP contribution in [-0.2, 0) is 4.79 Å². The van der Waals surface area contributed by atoms with Gasteiger partial charge in [0.2, 0.25) is 0 Å². The fourth-order valence-electron chi connectivity index (χ4n) is 1.87. The van der Waals surface area contributed by atoms with Crippen LogP contribution in [0.25, 0.3) is 0 Å². The van der Waals surface area contributed by atoms with Crippen LogP contribution in [0.4, 0.5) is 0 Å². The largest absolute Gasteiger partial charge is 0.481 e. The molecular weight excluding hydrogens is 272 g/mol. The molecule has 0 aromatic heterocycles. The summed E-state index contributed by atoms with van der Waals surface area (Å²) in [5.41, 5.74) is 0. The van der Waals surface area contributed by atoms with Crippen molar-refractivity contribution in [2.75, 3.05) is 0 Å². The van der Waals surface area contributed by atoms with Gasteiger partial charge in [-0.05, 0) is 44.9 Å². The highest BCUT2D eigenvalue weighted by atomic mass is 16.4. The molecule has 0 saturated heterocycles. The first-order valence-electron chi connectivity index (χ1n) is 8.55. The standard InChI is InChI=1S/C20H30O2/c1-2-3-4-5-6-7-8-9-10-11-12-13-14-15-16-17-18-19-20(21)22/h3-4H,2,5-8,11-14,17-19H2,1H3,(H,21,22). The number of allylic oxidation sites excluding steroid dienone is 2. The van der Waals surface area contributed by atoms with Gasteiger partial charge < -0.3 is 5.11 Å². The Balaban J connectivity index is 3.29. The molecular formula is C20H30O2. The predicted molar refractivity (Wildman–Crippen MR) is 93.4 cm³/mol. The highest BCUT2D eigenvalue weighted by Gasteiger charge is 1.92. The SMILES string of the molecule is CCC=CCCCCC#CCCCCC#CCCCC(=O)O. The van der Waals surface area contributed by atoms with E-state index in [1.165, 1.54) is 19.3 Å². The molecule has 0 aliphatic carbocycles. The van der Waals surface area contributed by atoms with Crippen LogP contribution in [0.3, 0.4) is 0 Å². The van der Waals surface area contributed by atoms with E-state index in [0.717, 1.165) is 38.5 Å². The first kappa shape index (κ1) is 20.3. The average Bonchev–Trinajstić information content (AvgIpc) is 2.50. The van der Waals surface area contributed by atoms with Crippen LogP contribution in [-0.4, -0.2) is 11.1 Å². The van der Waals surface area contributed by atoms with E-state index >= 15 is 0 Å². The Bertz CT molecular complexity index is 412. The molecule has 1 N–H and O–H groups in total. The zero-order valence-corrected chi connectivity index (χ0v) is 14.0. The van der Waals surface area contributed by atoms with Crippen molar-refractivity contribution in [2.24, 2.45) is 0 Å². The summed E-state index contributed by atoms with van der Waals surface area (Å²) < 4.78 is 0. The second kappa shape index (κ2) is 17.4. The zero-order valence-electron chi connectivity index (χ0n) is 14.0. The molecule has 0 heterocycles. The fourth-order valence-corrected chi connectivity index (χ4v) is 1.87. The summed E-state index contributed by atoms with van der Waals surface area (Å²) in [6, 6.07) is 0. The summed E-state index contributed by atoms with van der Waals surface area (Å²) in [7, 11) is 0. The quantitative estimate of drug-likeness (QED) is 0.318. The summed E-state index contributed by atoms with van der Waals surface area (Å²) >= 11 is 0. The molecule has 122 valence electrons. The van der Waals surface area contributed by atoms with Gasteiger partial charge in [0.05, 0.1) is 0 Å². The minimum atomic E-state index is -0.738. The number of carboxylic acid groups (broad SMARTS) is 1. The highest BCUT2D eigenvalue weighted by molar-refractivity contribution is 5.66. The Hall–Kier alpha value is -1.67. The molecule has 2 heteroatoms. The topological polar surface area (TPSA) is 37.3 Å². The lowest BCUT2D eigenvalue weighted by Crippen LogP contribution is -1.92. The van der Waals surface area contributed by atoms with Gasteiger partial charge in [0.25, 0.3) is 0 Å². The van der Waals surface area contributed by atoms with Crippen molar-refractivity contribution in [3.05, 3.63) is 12.2 Å². The molecule has 0 aliphatic heterocycles.